The highest BCUT2D eigenvalue weighted by molar-refractivity contribution is 7.52. The van der Waals surface area contributed by atoms with Crippen molar-refractivity contribution in [3.63, 3.8) is 0 Å². The van der Waals surface area contributed by atoms with E-state index in [0.29, 0.717) is 43.5 Å². The molecule has 0 saturated heterocycles. The Hall–Kier alpha value is -3.61. The molecule has 1 aromatic heterocycles. The number of carbonyl (C=O) groups is 1. The number of aromatic nitrogens is 2. The third kappa shape index (κ3) is 7.29. The van der Waals surface area contributed by atoms with E-state index >= 15 is 0 Å². The molecule has 1 heterocycles. The number of ether oxygens (including phenoxy) is 1. The molecule has 0 spiro atoms. The molecule has 0 bridgehead atoms. The van der Waals surface area contributed by atoms with Crippen LogP contribution in [0.1, 0.15) is 21.5 Å². The lowest BCUT2D eigenvalue weighted by atomic mass is 10.1. The first-order valence-corrected chi connectivity index (χ1v) is 16.2. The van der Waals surface area contributed by atoms with E-state index < -0.39 is 29.8 Å². The Morgan fingerprint density at radius 3 is 2.27 bits per heavy atom. The van der Waals surface area contributed by atoms with Gasteiger partial charge in [-0.05, 0) is 60.2 Å². The van der Waals surface area contributed by atoms with Gasteiger partial charge in [0.05, 0.1) is 32.7 Å². The average Bonchev–Trinajstić information content (AvgIpc) is 3.47. The Morgan fingerprint density at radius 2 is 1.60 bits per heavy atom. The monoisotopic (exact) mass is 711 g/mol. The minimum atomic E-state index is -5.83. The van der Waals surface area contributed by atoms with Crippen LogP contribution in [0.3, 0.4) is 0 Å². The summed E-state index contributed by atoms with van der Waals surface area (Å²) in [5, 5.41) is 18.8. The number of halogens is 5. The molecule has 232 valence electrons. The summed E-state index contributed by atoms with van der Waals surface area (Å²) in [4.78, 5) is 31.3. The van der Waals surface area contributed by atoms with Crippen molar-refractivity contribution in [3.05, 3.63) is 117 Å². The van der Waals surface area contributed by atoms with Crippen molar-refractivity contribution < 1.29 is 37.8 Å². The van der Waals surface area contributed by atoms with Gasteiger partial charge in [0.1, 0.15) is 16.5 Å². The third-order valence-corrected chi connectivity index (χ3v) is 9.34. The number of anilines is 2. The number of hydrogen-bond donors (Lipinski definition) is 3. The van der Waals surface area contributed by atoms with Crippen molar-refractivity contribution in [1.29, 1.82) is 0 Å². The fraction of sp³-hybridized carbons (Fsp3) is 0.0690. The van der Waals surface area contributed by atoms with E-state index in [-0.39, 0.29) is 17.1 Å². The molecule has 45 heavy (non-hydrogen) atoms. The van der Waals surface area contributed by atoms with Gasteiger partial charge in [0, 0.05) is 11.3 Å². The number of hydrogen-bond acceptors (Lipinski definition) is 7. The maximum Gasteiger partial charge on any atom is 0.399 e. The van der Waals surface area contributed by atoms with Crippen molar-refractivity contribution in [1.82, 2.24) is 10.2 Å². The van der Waals surface area contributed by atoms with Gasteiger partial charge in [-0.3, -0.25) is 4.57 Å². The summed E-state index contributed by atoms with van der Waals surface area (Å²) >= 11 is 19.7. The maximum absolute atomic E-state index is 14.4. The average molecular weight is 713 g/mol. The molecule has 0 atom stereocenters. The number of rotatable bonds is 10. The lowest BCUT2D eigenvalue weighted by Crippen LogP contribution is -2.18. The standard InChI is InChI=1S/C29H19Cl3F2N3O6PS/c30-23-10-8-19(14-25(23)32)37(15-16-7-9-22(24(31)11-16)29(33,34)44(40,41)42)28-36-35-26(45-28)17-3-1-5-20(12-17)43-21-6-2-4-18(13-21)27(38)39/h1-14H,15H2,(H,38,39)(H2,40,41,42). The quantitative estimate of drug-likeness (QED) is 0.121. The molecule has 5 aromatic rings. The van der Waals surface area contributed by atoms with Gasteiger partial charge in [-0.15, -0.1) is 10.2 Å². The van der Waals surface area contributed by atoms with Crippen LogP contribution in [-0.2, 0) is 16.8 Å². The summed E-state index contributed by atoms with van der Waals surface area (Å²) in [5.74, 6) is -0.326. The van der Waals surface area contributed by atoms with E-state index in [2.05, 4.69) is 10.2 Å². The summed E-state index contributed by atoms with van der Waals surface area (Å²) in [6, 6.07) is 21.1. The molecule has 0 saturated carbocycles. The van der Waals surface area contributed by atoms with E-state index in [4.69, 9.17) is 49.3 Å². The lowest BCUT2D eigenvalue weighted by molar-refractivity contribution is 0.0565. The van der Waals surface area contributed by atoms with Crippen molar-refractivity contribution in [3.8, 4) is 22.1 Å². The summed E-state index contributed by atoms with van der Waals surface area (Å²) in [7, 11) is -5.83. The summed E-state index contributed by atoms with van der Waals surface area (Å²) < 4.78 is 46.0. The fourth-order valence-corrected chi connectivity index (χ4v) is 6.18. The van der Waals surface area contributed by atoms with Crippen LogP contribution in [-0.4, -0.2) is 31.1 Å². The minimum absolute atomic E-state index is 0.0249. The van der Waals surface area contributed by atoms with Crippen LogP contribution in [0.2, 0.25) is 15.1 Å². The molecule has 0 aliphatic rings. The first kappa shape index (κ1) is 32.8. The Balaban J connectivity index is 1.47. The molecule has 3 N–H and O–H groups in total. The van der Waals surface area contributed by atoms with E-state index in [1.165, 1.54) is 35.6 Å². The van der Waals surface area contributed by atoms with E-state index in [0.717, 1.165) is 6.07 Å². The van der Waals surface area contributed by atoms with Crippen LogP contribution in [0.15, 0.2) is 84.9 Å². The number of alkyl halides is 2. The molecule has 5 rings (SSSR count). The zero-order chi connectivity index (χ0) is 32.5. The van der Waals surface area contributed by atoms with Crippen LogP contribution in [0.5, 0.6) is 11.5 Å². The normalized spacial score (nSPS) is 11.8. The van der Waals surface area contributed by atoms with Gasteiger partial charge in [-0.25, -0.2) is 4.79 Å². The summed E-state index contributed by atoms with van der Waals surface area (Å²) in [5.41, 5.74) is -3.82. The smallest absolute Gasteiger partial charge is 0.399 e. The van der Waals surface area contributed by atoms with Crippen molar-refractivity contribution in [2.24, 2.45) is 0 Å². The summed E-state index contributed by atoms with van der Waals surface area (Å²) in [6.45, 7) is 0.0249. The minimum Gasteiger partial charge on any atom is -0.478 e. The van der Waals surface area contributed by atoms with Crippen LogP contribution in [0.4, 0.5) is 19.6 Å². The third-order valence-electron chi connectivity index (χ3n) is 6.32. The highest BCUT2D eigenvalue weighted by Gasteiger charge is 2.51. The van der Waals surface area contributed by atoms with Gasteiger partial charge in [-0.2, -0.15) is 8.78 Å². The van der Waals surface area contributed by atoms with Crippen LogP contribution in [0.25, 0.3) is 10.6 Å². The molecule has 0 fully saturated rings. The Morgan fingerprint density at radius 1 is 0.889 bits per heavy atom. The van der Waals surface area contributed by atoms with Crippen molar-refractivity contribution in [2.45, 2.75) is 12.2 Å². The van der Waals surface area contributed by atoms with Gasteiger partial charge in [0.2, 0.25) is 5.13 Å². The molecular weight excluding hydrogens is 694 g/mol. The molecule has 16 heteroatoms. The first-order valence-electron chi connectivity index (χ1n) is 12.6. The molecule has 0 unspecified atom stereocenters. The highest BCUT2D eigenvalue weighted by atomic mass is 35.5. The second-order valence-electron chi connectivity index (χ2n) is 9.44. The Kier molecular flexibility index (Phi) is 9.48. The SMILES string of the molecule is O=C(O)c1cccc(Oc2cccc(-c3nnc(N(Cc4ccc(C(F)(F)P(=O)(O)O)c(Cl)c4)c4ccc(Cl)c(Cl)c4)s3)c2)c1. The molecule has 4 aromatic carbocycles. The second kappa shape index (κ2) is 13.0. The maximum atomic E-state index is 14.4. The molecule has 0 radical (unpaired) electrons. The Bertz CT molecular complexity index is 1960. The predicted octanol–water partition coefficient (Wildman–Crippen LogP) is 9.22. The topological polar surface area (TPSA) is 133 Å². The molecule has 0 amide bonds. The predicted molar refractivity (Wildman–Crippen MR) is 169 cm³/mol. The molecule has 9 nitrogen and oxygen atoms in total. The van der Waals surface area contributed by atoms with Gasteiger partial charge in [-0.1, -0.05) is 76.5 Å². The molecular formula is C29H19Cl3F2N3O6PS. The van der Waals surface area contributed by atoms with Gasteiger partial charge < -0.3 is 24.5 Å². The van der Waals surface area contributed by atoms with Crippen LogP contribution in [0, 0.1) is 0 Å². The van der Waals surface area contributed by atoms with Gasteiger partial charge in [0.15, 0.2) is 0 Å². The molecule has 0 aliphatic carbocycles. The number of carboxylic acids is 1. The largest absolute Gasteiger partial charge is 0.478 e. The van der Waals surface area contributed by atoms with E-state index in [9.17, 15) is 23.2 Å². The van der Waals surface area contributed by atoms with Crippen LogP contribution >= 0.6 is 53.7 Å². The highest BCUT2D eigenvalue weighted by Crippen LogP contribution is 2.60. The second-order valence-corrected chi connectivity index (χ2v) is 13.3. The van der Waals surface area contributed by atoms with Gasteiger partial charge in [0.25, 0.3) is 0 Å². The lowest BCUT2D eigenvalue weighted by Gasteiger charge is -2.23. The number of nitrogens with zero attached hydrogens (tertiary/aromatic N) is 3. The van der Waals surface area contributed by atoms with E-state index in [1.54, 1.807) is 59.5 Å². The van der Waals surface area contributed by atoms with E-state index in [1.807, 2.05) is 0 Å². The fourth-order valence-electron chi connectivity index (χ4n) is 4.13. The van der Waals surface area contributed by atoms with Crippen LogP contribution < -0.4 is 9.64 Å². The zero-order valence-electron chi connectivity index (χ0n) is 22.4. The molecule has 0 aliphatic heterocycles. The summed E-state index contributed by atoms with van der Waals surface area (Å²) in [6.07, 6.45) is 0. The van der Waals surface area contributed by atoms with Crippen molar-refractivity contribution in [2.75, 3.05) is 4.90 Å². The number of benzene rings is 4. The zero-order valence-corrected chi connectivity index (χ0v) is 26.4. The number of carboxylic acid groups (broad SMARTS) is 1. The number of aromatic carboxylic acids is 1. The first-order chi connectivity index (χ1) is 21.2. The van der Waals surface area contributed by atoms with Crippen molar-refractivity contribution >= 4 is 70.5 Å². The Labute approximate surface area is 273 Å². The van der Waals surface area contributed by atoms with Gasteiger partial charge >= 0.3 is 19.2 Å².